The summed E-state index contributed by atoms with van der Waals surface area (Å²) in [6.45, 7) is 2.11. The molecule has 0 aliphatic carbocycles. The number of carbonyl (C=O) groups excluding carboxylic acids is 1. The van der Waals surface area contributed by atoms with E-state index in [2.05, 4.69) is 0 Å². The van der Waals surface area contributed by atoms with Crippen molar-refractivity contribution in [1.29, 1.82) is 5.26 Å². The monoisotopic (exact) mass is 281 g/mol. The van der Waals surface area contributed by atoms with Gasteiger partial charge in [-0.3, -0.25) is 4.79 Å². The number of carbonyl (C=O) groups is 1. The van der Waals surface area contributed by atoms with Gasteiger partial charge in [-0.2, -0.15) is 5.26 Å². The Morgan fingerprint density at radius 2 is 1.95 bits per heavy atom. The lowest BCUT2D eigenvalue weighted by Crippen LogP contribution is -1.97. The SMILES string of the molecule is CCOC(C#N)=C(C=O)c1ccc2cc(OC)ccc2c1. The highest BCUT2D eigenvalue weighted by Gasteiger charge is 2.10. The van der Waals surface area contributed by atoms with Crippen LogP contribution in [-0.2, 0) is 9.53 Å². The molecule has 0 spiro atoms. The third-order valence-corrected chi connectivity index (χ3v) is 3.11. The quantitative estimate of drug-likeness (QED) is 0.365. The number of allylic oxidation sites excluding steroid dienone is 2. The van der Waals surface area contributed by atoms with E-state index in [-0.39, 0.29) is 11.3 Å². The molecule has 0 saturated heterocycles. The summed E-state index contributed by atoms with van der Waals surface area (Å²) in [6.07, 6.45) is 0.652. The zero-order valence-electron chi connectivity index (χ0n) is 11.9. The minimum atomic E-state index is 0.0420. The van der Waals surface area contributed by atoms with E-state index in [0.29, 0.717) is 18.5 Å². The molecule has 0 aliphatic rings. The van der Waals surface area contributed by atoms with Crippen molar-refractivity contribution in [1.82, 2.24) is 0 Å². The van der Waals surface area contributed by atoms with Gasteiger partial charge in [-0.25, -0.2) is 0 Å². The van der Waals surface area contributed by atoms with Gasteiger partial charge in [0.25, 0.3) is 0 Å². The molecule has 0 atom stereocenters. The van der Waals surface area contributed by atoms with Gasteiger partial charge in [-0.05, 0) is 41.5 Å². The molecule has 0 bridgehead atoms. The molecule has 4 heteroatoms. The molecule has 0 aliphatic heterocycles. The van der Waals surface area contributed by atoms with Gasteiger partial charge in [0.05, 0.1) is 19.3 Å². The van der Waals surface area contributed by atoms with Crippen molar-refractivity contribution in [3.63, 3.8) is 0 Å². The smallest absolute Gasteiger partial charge is 0.208 e. The van der Waals surface area contributed by atoms with E-state index < -0.39 is 0 Å². The average molecular weight is 281 g/mol. The van der Waals surface area contributed by atoms with E-state index in [9.17, 15) is 4.79 Å². The lowest BCUT2D eigenvalue weighted by atomic mass is 10.0. The van der Waals surface area contributed by atoms with Crippen LogP contribution in [0.15, 0.2) is 42.2 Å². The third-order valence-electron chi connectivity index (χ3n) is 3.11. The van der Waals surface area contributed by atoms with Crippen LogP contribution in [0, 0.1) is 11.3 Å². The zero-order chi connectivity index (χ0) is 15.2. The number of aldehydes is 1. The summed E-state index contributed by atoms with van der Waals surface area (Å²) in [5.41, 5.74) is 0.921. The molecule has 2 rings (SSSR count). The third kappa shape index (κ3) is 3.03. The summed E-state index contributed by atoms with van der Waals surface area (Å²) in [5.74, 6) is 0.814. The van der Waals surface area contributed by atoms with E-state index in [1.807, 2.05) is 36.4 Å². The van der Waals surface area contributed by atoms with Gasteiger partial charge in [0.2, 0.25) is 5.76 Å². The van der Waals surface area contributed by atoms with Crippen LogP contribution < -0.4 is 4.74 Å². The van der Waals surface area contributed by atoms with Crippen LogP contribution in [0.2, 0.25) is 0 Å². The van der Waals surface area contributed by atoms with E-state index in [1.165, 1.54) is 0 Å². The maximum atomic E-state index is 11.3. The van der Waals surface area contributed by atoms with Gasteiger partial charge >= 0.3 is 0 Å². The zero-order valence-corrected chi connectivity index (χ0v) is 11.9. The number of nitrogens with zero attached hydrogens (tertiary/aromatic N) is 1. The number of hydrogen-bond acceptors (Lipinski definition) is 4. The Kier molecular flexibility index (Phi) is 4.57. The second kappa shape index (κ2) is 6.58. The molecule has 0 N–H and O–H groups in total. The second-order valence-corrected chi connectivity index (χ2v) is 4.33. The molecule has 0 radical (unpaired) electrons. The fourth-order valence-corrected chi connectivity index (χ4v) is 2.09. The predicted molar refractivity (Wildman–Crippen MR) is 80.7 cm³/mol. The number of benzene rings is 2. The van der Waals surface area contributed by atoms with Gasteiger partial charge in [0.15, 0.2) is 6.29 Å². The molecule has 0 fully saturated rings. The van der Waals surface area contributed by atoms with E-state index in [1.54, 1.807) is 20.1 Å². The van der Waals surface area contributed by atoms with Crippen molar-refractivity contribution in [2.75, 3.05) is 13.7 Å². The van der Waals surface area contributed by atoms with Crippen LogP contribution in [-0.4, -0.2) is 20.0 Å². The summed E-state index contributed by atoms with van der Waals surface area (Å²) >= 11 is 0. The van der Waals surface area contributed by atoms with Gasteiger partial charge in [-0.15, -0.1) is 0 Å². The Balaban J connectivity index is 2.56. The molecule has 0 saturated carbocycles. The second-order valence-electron chi connectivity index (χ2n) is 4.33. The Labute approximate surface area is 123 Å². The number of nitriles is 1. The molecule has 4 nitrogen and oxygen atoms in total. The fourth-order valence-electron chi connectivity index (χ4n) is 2.09. The molecule has 2 aromatic carbocycles. The minimum absolute atomic E-state index is 0.0420. The maximum absolute atomic E-state index is 11.3. The van der Waals surface area contributed by atoms with E-state index in [4.69, 9.17) is 14.7 Å². The lowest BCUT2D eigenvalue weighted by molar-refractivity contribution is -0.103. The van der Waals surface area contributed by atoms with Crippen LogP contribution in [0.25, 0.3) is 16.3 Å². The average Bonchev–Trinajstić information content (AvgIpc) is 2.54. The van der Waals surface area contributed by atoms with Crippen molar-refractivity contribution in [2.24, 2.45) is 0 Å². The normalized spacial score (nSPS) is 11.5. The molecule has 21 heavy (non-hydrogen) atoms. The van der Waals surface area contributed by atoms with Crippen LogP contribution in [0.5, 0.6) is 5.75 Å². The lowest BCUT2D eigenvalue weighted by Gasteiger charge is -2.08. The van der Waals surface area contributed by atoms with E-state index in [0.717, 1.165) is 16.5 Å². The summed E-state index contributed by atoms with van der Waals surface area (Å²) < 4.78 is 10.4. The molecular formula is C17H15NO3. The molecule has 0 heterocycles. The highest BCUT2D eigenvalue weighted by atomic mass is 16.5. The molecule has 2 aromatic rings. The van der Waals surface area contributed by atoms with Crippen molar-refractivity contribution in [3.8, 4) is 11.8 Å². The molecular weight excluding hydrogens is 266 g/mol. The first-order valence-electron chi connectivity index (χ1n) is 6.54. The van der Waals surface area contributed by atoms with Gasteiger partial charge in [0, 0.05) is 0 Å². The van der Waals surface area contributed by atoms with Crippen LogP contribution in [0.1, 0.15) is 12.5 Å². The van der Waals surface area contributed by atoms with Crippen LogP contribution in [0.4, 0.5) is 0 Å². The molecule has 0 unspecified atom stereocenters. The Morgan fingerprint density at radius 3 is 2.57 bits per heavy atom. The number of rotatable bonds is 5. The van der Waals surface area contributed by atoms with Crippen LogP contribution >= 0.6 is 0 Å². The van der Waals surface area contributed by atoms with E-state index >= 15 is 0 Å². The summed E-state index contributed by atoms with van der Waals surface area (Å²) in [4.78, 5) is 11.3. The highest BCUT2D eigenvalue weighted by molar-refractivity contribution is 6.09. The van der Waals surface area contributed by atoms with Crippen molar-refractivity contribution >= 4 is 22.6 Å². The summed E-state index contributed by atoms with van der Waals surface area (Å²) in [7, 11) is 1.62. The standard InChI is InChI=1S/C17H15NO3/c1-3-21-17(10-18)16(11-19)14-5-4-13-9-15(20-2)7-6-12(13)8-14/h4-9,11H,3H2,1-2H3. The predicted octanol–water partition coefficient (Wildman–Crippen LogP) is 3.32. The first-order valence-corrected chi connectivity index (χ1v) is 6.54. The van der Waals surface area contributed by atoms with Crippen molar-refractivity contribution in [3.05, 3.63) is 47.7 Å². The first kappa shape index (κ1) is 14.6. The molecule has 0 aromatic heterocycles. The highest BCUT2D eigenvalue weighted by Crippen LogP contribution is 2.25. The summed E-state index contributed by atoms with van der Waals surface area (Å²) in [5, 5.41) is 11.1. The van der Waals surface area contributed by atoms with Gasteiger partial charge in [0.1, 0.15) is 11.8 Å². The van der Waals surface area contributed by atoms with Crippen molar-refractivity contribution in [2.45, 2.75) is 6.92 Å². The number of hydrogen-bond donors (Lipinski definition) is 0. The van der Waals surface area contributed by atoms with Crippen LogP contribution in [0.3, 0.4) is 0 Å². The number of ether oxygens (including phenoxy) is 2. The van der Waals surface area contributed by atoms with Gasteiger partial charge in [-0.1, -0.05) is 18.2 Å². The molecule has 0 amide bonds. The Hall–Kier alpha value is -2.80. The topological polar surface area (TPSA) is 59.3 Å². The summed E-state index contributed by atoms with van der Waals surface area (Å²) in [6, 6.07) is 13.1. The minimum Gasteiger partial charge on any atom is -0.497 e. The number of methoxy groups -OCH3 is 1. The largest absolute Gasteiger partial charge is 0.497 e. The maximum Gasteiger partial charge on any atom is 0.208 e. The fraction of sp³-hybridized carbons (Fsp3) is 0.176. The Bertz CT molecular complexity index is 741. The van der Waals surface area contributed by atoms with Gasteiger partial charge < -0.3 is 9.47 Å². The molecule has 106 valence electrons. The first-order chi connectivity index (χ1) is 10.2. The Morgan fingerprint density at radius 1 is 1.24 bits per heavy atom. The number of fused-ring (bicyclic) bond motifs is 1. The van der Waals surface area contributed by atoms with Crippen molar-refractivity contribution < 1.29 is 14.3 Å².